The van der Waals surface area contributed by atoms with Crippen LogP contribution in [0, 0.1) is 51.8 Å². The minimum atomic E-state index is 0.669. The maximum atomic E-state index is 4.39. The van der Waals surface area contributed by atoms with Gasteiger partial charge in [-0.3, -0.25) is 0 Å². The van der Waals surface area contributed by atoms with Crippen LogP contribution in [-0.4, -0.2) is 0 Å². The van der Waals surface area contributed by atoms with E-state index in [1.807, 2.05) is 0 Å². The molecule has 8 bridgehead atoms. The van der Waals surface area contributed by atoms with Crippen molar-refractivity contribution in [3.63, 3.8) is 0 Å². The zero-order chi connectivity index (χ0) is 10.7. The van der Waals surface area contributed by atoms with Crippen molar-refractivity contribution >= 4 is 0 Å². The summed E-state index contributed by atoms with van der Waals surface area (Å²) in [5, 5.41) is 0. The van der Waals surface area contributed by atoms with Gasteiger partial charge in [0.05, 0.1) is 0 Å². The summed E-state index contributed by atoms with van der Waals surface area (Å²) in [6.45, 7) is 0. The van der Waals surface area contributed by atoms with E-state index in [-0.39, 0.29) is 0 Å². The molecule has 0 aromatic heterocycles. The summed E-state index contributed by atoms with van der Waals surface area (Å²) in [6.07, 6.45) is 17.3. The molecule has 9 saturated carbocycles. The molecule has 9 aliphatic carbocycles. The van der Waals surface area contributed by atoms with Gasteiger partial charge >= 0.3 is 0 Å². The molecular formula is C17H20. The van der Waals surface area contributed by atoms with Crippen LogP contribution in [0.1, 0.15) is 51.4 Å². The van der Waals surface area contributed by atoms with Gasteiger partial charge in [0.2, 0.25) is 0 Å². The smallest absolute Gasteiger partial charge is 0.00262 e. The van der Waals surface area contributed by atoms with Gasteiger partial charge in [0, 0.05) is 0 Å². The molecule has 0 aliphatic heterocycles. The third kappa shape index (κ3) is 0.478. The molecule has 0 aromatic rings. The van der Waals surface area contributed by atoms with Crippen molar-refractivity contribution in [1.82, 2.24) is 0 Å². The Hall–Kier alpha value is 0. The lowest BCUT2D eigenvalue weighted by Gasteiger charge is -2.47. The summed E-state index contributed by atoms with van der Waals surface area (Å²) in [5.74, 6) is 4.58. The summed E-state index contributed by atoms with van der Waals surface area (Å²) < 4.78 is 0. The van der Waals surface area contributed by atoms with Crippen molar-refractivity contribution in [2.24, 2.45) is 45.3 Å². The maximum absolute atomic E-state index is 4.39. The average molecular weight is 224 g/mol. The van der Waals surface area contributed by atoms with Crippen molar-refractivity contribution in [3.05, 3.63) is 6.42 Å². The third-order valence-electron chi connectivity index (χ3n) is 9.45. The van der Waals surface area contributed by atoms with E-state index < -0.39 is 0 Å². The Morgan fingerprint density at radius 1 is 0.529 bits per heavy atom. The van der Waals surface area contributed by atoms with Gasteiger partial charge in [-0.25, -0.2) is 0 Å². The first-order chi connectivity index (χ1) is 8.22. The lowest BCUT2D eigenvalue weighted by atomic mass is 9.56. The Bertz CT molecular complexity index is 414. The first kappa shape index (κ1) is 8.23. The molecule has 9 fully saturated rings. The molecule has 9 aliphatic rings. The van der Waals surface area contributed by atoms with Crippen LogP contribution in [0.2, 0.25) is 0 Å². The molecular weight excluding hydrogens is 204 g/mol. The fourth-order valence-electron chi connectivity index (χ4n) is 9.70. The standard InChI is InChI=1S/C17H20/c1-10-5-16-6-11(10)2-14(1,16)9-15-3-12-7-17(15,16)8-13(12)4-15/h10-13H,1-8H2. The lowest BCUT2D eigenvalue weighted by Crippen LogP contribution is -2.41. The Balaban J connectivity index is 1.61. The molecule has 88 valence electrons. The zero-order valence-corrected chi connectivity index (χ0v) is 10.5. The Kier molecular flexibility index (Phi) is 0.860. The van der Waals surface area contributed by atoms with Crippen molar-refractivity contribution in [1.29, 1.82) is 0 Å². The molecule has 0 N–H and O–H groups in total. The van der Waals surface area contributed by atoms with E-state index in [2.05, 4.69) is 6.42 Å². The van der Waals surface area contributed by atoms with Crippen LogP contribution in [0.3, 0.4) is 0 Å². The predicted molar refractivity (Wildman–Crippen MR) is 63.9 cm³/mol. The molecule has 4 spiro atoms. The Morgan fingerprint density at radius 3 is 1.24 bits per heavy atom. The highest BCUT2D eigenvalue weighted by Gasteiger charge is 2.90. The summed E-state index contributed by atoms with van der Waals surface area (Å²) in [6, 6.07) is 0. The van der Waals surface area contributed by atoms with Crippen LogP contribution in [0.25, 0.3) is 0 Å². The number of rotatable bonds is 0. The van der Waals surface area contributed by atoms with Gasteiger partial charge < -0.3 is 0 Å². The largest absolute Gasteiger partial charge is 0.0433 e. The van der Waals surface area contributed by atoms with Crippen LogP contribution >= 0.6 is 0 Å². The molecule has 0 heteroatoms. The predicted octanol–water partition coefficient (Wildman–Crippen LogP) is 3.69. The average Bonchev–Trinajstić information content (AvgIpc) is 2.98. The van der Waals surface area contributed by atoms with E-state index in [1.54, 1.807) is 51.4 Å². The molecule has 0 heterocycles. The Labute approximate surface area is 104 Å². The topological polar surface area (TPSA) is 0 Å². The second-order valence-corrected chi connectivity index (χ2v) is 9.13. The van der Waals surface area contributed by atoms with E-state index in [1.165, 1.54) is 0 Å². The summed E-state index contributed by atoms with van der Waals surface area (Å²) >= 11 is 0. The van der Waals surface area contributed by atoms with Crippen LogP contribution in [0.15, 0.2) is 0 Å². The summed E-state index contributed by atoms with van der Waals surface area (Å²) in [5.41, 5.74) is 2.97. The molecule has 0 nitrogen and oxygen atoms in total. The van der Waals surface area contributed by atoms with Gasteiger partial charge in [-0.05, 0) is 103 Å². The zero-order valence-electron chi connectivity index (χ0n) is 10.5. The second kappa shape index (κ2) is 1.78. The van der Waals surface area contributed by atoms with Crippen LogP contribution < -0.4 is 0 Å². The first-order valence-electron chi connectivity index (χ1n) is 8.01. The second-order valence-electron chi connectivity index (χ2n) is 9.13. The quantitative estimate of drug-likeness (QED) is 0.588. The monoisotopic (exact) mass is 224 g/mol. The van der Waals surface area contributed by atoms with E-state index in [0.29, 0.717) is 10.8 Å². The molecule has 9 rings (SSSR count). The lowest BCUT2D eigenvalue weighted by molar-refractivity contribution is 0.00270. The van der Waals surface area contributed by atoms with E-state index in [0.717, 1.165) is 34.5 Å². The van der Waals surface area contributed by atoms with E-state index in [9.17, 15) is 0 Å². The highest BCUT2D eigenvalue weighted by molar-refractivity contribution is 5.44. The van der Waals surface area contributed by atoms with E-state index in [4.69, 9.17) is 0 Å². The van der Waals surface area contributed by atoms with Crippen molar-refractivity contribution in [2.45, 2.75) is 51.4 Å². The van der Waals surface area contributed by atoms with Gasteiger partial charge in [-0.2, -0.15) is 0 Å². The molecule has 2 radical (unpaired) electrons. The number of hydrogen-bond acceptors (Lipinski definition) is 0. The molecule has 17 heavy (non-hydrogen) atoms. The summed E-state index contributed by atoms with van der Waals surface area (Å²) in [7, 11) is 0. The molecule has 4 unspecified atom stereocenters. The highest BCUT2D eigenvalue weighted by Crippen LogP contribution is 2.98. The Morgan fingerprint density at radius 2 is 0.882 bits per heavy atom. The minimum Gasteiger partial charge on any atom is -0.0433 e. The van der Waals surface area contributed by atoms with Gasteiger partial charge in [0.25, 0.3) is 0 Å². The SMILES string of the molecule is [C]1C23CC4CC2(CC4C3)C23CC4CC12CC4C3. The van der Waals surface area contributed by atoms with Crippen molar-refractivity contribution < 1.29 is 0 Å². The van der Waals surface area contributed by atoms with Crippen LogP contribution in [0.4, 0.5) is 0 Å². The van der Waals surface area contributed by atoms with Crippen LogP contribution in [0.5, 0.6) is 0 Å². The van der Waals surface area contributed by atoms with Gasteiger partial charge in [0.1, 0.15) is 0 Å². The fraction of sp³-hybridized carbons (Fsp3) is 0.941. The molecule has 4 atom stereocenters. The highest BCUT2D eigenvalue weighted by atomic mass is 14.9. The maximum Gasteiger partial charge on any atom is -0.00262 e. The number of hydrogen-bond donors (Lipinski definition) is 0. The van der Waals surface area contributed by atoms with Gasteiger partial charge in [0.15, 0.2) is 0 Å². The normalized spacial score (nSPS) is 83.3. The van der Waals surface area contributed by atoms with Gasteiger partial charge in [-0.1, -0.05) is 0 Å². The van der Waals surface area contributed by atoms with Gasteiger partial charge in [-0.15, -0.1) is 0 Å². The molecule has 0 saturated heterocycles. The molecule has 0 aromatic carbocycles. The van der Waals surface area contributed by atoms with E-state index >= 15 is 0 Å². The minimum absolute atomic E-state index is 0.669. The first-order valence-corrected chi connectivity index (χ1v) is 8.01. The third-order valence-corrected chi connectivity index (χ3v) is 9.45. The fourth-order valence-corrected chi connectivity index (χ4v) is 9.70. The molecule has 0 amide bonds. The van der Waals surface area contributed by atoms with Crippen molar-refractivity contribution in [2.75, 3.05) is 0 Å². The van der Waals surface area contributed by atoms with Crippen LogP contribution in [-0.2, 0) is 0 Å². The van der Waals surface area contributed by atoms with Crippen molar-refractivity contribution in [3.8, 4) is 0 Å². The summed E-state index contributed by atoms with van der Waals surface area (Å²) in [4.78, 5) is 0.